The molecule has 0 aliphatic carbocycles. The summed E-state index contributed by atoms with van der Waals surface area (Å²) in [4.78, 5) is 15.7. The number of methoxy groups -OCH3 is 1. The number of rotatable bonds is 3. The van der Waals surface area contributed by atoms with E-state index >= 15 is 0 Å². The Hall–Kier alpha value is -2.53. The van der Waals surface area contributed by atoms with Crippen LogP contribution in [0.3, 0.4) is 0 Å². The zero-order chi connectivity index (χ0) is 15.0. The van der Waals surface area contributed by atoms with Gasteiger partial charge in [0.2, 0.25) is 5.88 Å². The number of halogens is 1. The van der Waals surface area contributed by atoms with E-state index < -0.39 is 5.97 Å². The molecule has 0 radical (unpaired) electrons. The second-order valence-electron chi connectivity index (χ2n) is 4.36. The second kappa shape index (κ2) is 5.10. The van der Waals surface area contributed by atoms with Crippen LogP contribution in [0.2, 0.25) is 5.15 Å². The molecule has 0 aliphatic heterocycles. The van der Waals surface area contributed by atoms with Gasteiger partial charge in [-0.25, -0.2) is 9.78 Å². The smallest absolute Gasteiger partial charge is 0.341 e. The highest BCUT2D eigenvalue weighted by Crippen LogP contribution is 2.33. The van der Waals surface area contributed by atoms with Crippen molar-refractivity contribution < 1.29 is 14.6 Å². The Morgan fingerprint density at radius 1 is 1.24 bits per heavy atom. The Morgan fingerprint density at radius 3 is 2.57 bits per heavy atom. The lowest BCUT2D eigenvalue weighted by Crippen LogP contribution is -1.98. The third-order valence-electron chi connectivity index (χ3n) is 3.17. The highest BCUT2D eigenvalue weighted by molar-refractivity contribution is 6.35. The molecule has 0 amide bonds. The molecule has 0 bridgehead atoms. The summed E-state index contributed by atoms with van der Waals surface area (Å²) in [5.41, 5.74) is 1.65. The summed E-state index contributed by atoms with van der Waals surface area (Å²) in [6.45, 7) is 0. The van der Waals surface area contributed by atoms with Gasteiger partial charge in [-0.3, -0.25) is 4.57 Å². The lowest BCUT2D eigenvalue weighted by Gasteiger charge is -2.06. The maximum atomic E-state index is 11.5. The molecule has 0 saturated heterocycles. The summed E-state index contributed by atoms with van der Waals surface area (Å²) in [5.74, 6) is -0.785. The molecular weight excluding hydrogens is 292 g/mol. The van der Waals surface area contributed by atoms with Crippen LogP contribution in [0.1, 0.15) is 10.4 Å². The predicted octanol–water partition coefficient (Wildman–Crippen LogP) is 3.39. The Kier molecular flexibility index (Phi) is 3.27. The van der Waals surface area contributed by atoms with Gasteiger partial charge in [0.25, 0.3) is 0 Å². The maximum absolute atomic E-state index is 11.5. The molecule has 0 unspecified atom stereocenters. The molecule has 0 spiro atoms. The van der Waals surface area contributed by atoms with Crippen LogP contribution in [0.25, 0.3) is 16.7 Å². The number of pyridine rings is 1. The summed E-state index contributed by atoms with van der Waals surface area (Å²) in [6.07, 6.45) is 0. The van der Waals surface area contributed by atoms with Crippen LogP contribution in [0.5, 0.6) is 5.88 Å². The van der Waals surface area contributed by atoms with E-state index in [1.54, 1.807) is 16.7 Å². The minimum absolute atomic E-state index is 0.0329. The van der Waals surface area contributed by atoms with Crippen LogP contribution in [0, 0.1) is 0 Å². The number of hydrogen-bond donors (Lipinski definition) is 1. The zero-order valence-corrected chi connectivity index (χ0v) is 11.8. The molecule has 0 atom stereocenters. The van der Waals surface area contributed by atoms with Crippen LogP contribution in [-0.2, 0) is 0 Å². The highest BCUT2D eigenvalue weighted by atomic mass is 35.5. The van der Waals surface area contributed by atoms with E-state index in [-0.39, 0.29) is 10.7 Å². The first-order valence-corrected chi connectivity index (χ1v) is 6.55. The monoisotopic (exact) mass is 302 g/mol. The molecule has 0 aliphatic rings. The van der Waals surface area contributed by atoms with Crippen molar-refractivity contribution in [1.29, 1.82) is 0 Å². The fourth-order valence-corrected chi connectivity index (χ4v) is 2.61. The average Bonchev–Trinajstić information content (AvgIpc) is 2.79. The van der Waals surface area contributed by atoms with Crippen molar-refractivity contribution >= 4 is 28.6 Å². The predicted molar refractivity (Wildman–Crippen MR) is 79.6 cm³/mol. The molecule has 0 saturated carbocycles. The zero-order valence-electron chi connectivity index (χ0n) is 11.1. The Bertz CT molecular complexity index is 828. The van der Waals surface area contributed by atoms with Crippen molar-refractivity contribution in [3.8, 4) is 11.6 Å². The molecule has 0 fully saturated rings. The first-order chi connectivity index (χ1) is 10.1. The van der Waals surface area contributed by atoms with Crippen molar-refractivity contribution in [3.63, 3.8) is 0 Å². The molecule has 1 N–H and O–H groups in total. The van der Waals surface area contributed by atoms with Crippen molar-refractivity contribution in [3.05, 3.63) is 53.2 Å². The number of carboxylic acids is 1. The van der Waals surface area contributed by atoms with Gasteiger partial charge in [-0.1, -0.05) is 29.8 Å². The second-order valence-corrected chi connectivity index (χ2v) is 4.72. The largest absolute Gasteiger partial charge is 0.481 e. The minimum atomic E-state index is -1.12. The molecule has 106 valence electrons. The molecule has 1 aromatic carbocycles. The van der Waals surface area contributed by atoms with Crippen molar-refractivity contribution in [2.24, 2.45) is 0 Å². The molecule has 6 heteroatoms. The third kappa shape index (κ3) is 2.11. The Labute approximate surface area is 125 Å². The number of carbonyl (C=O) groups is 1. The molecule has 5 nitrogen and oxygen atoms in total. The number of aromatic nitrogens is 2. The molecule has 2 aromatic heterocycles. The standard InChI is InChI=1S/C15H11ClN2O3/c1-21-11-8-7-10-13(17-11)12(15(19)20)14(16)18(10)9-5-3-2-4-6-9/h2-8H,1H3,(H,19,20). The number of ether oxygens (including phenoxy) is 1. The van der Waals surface area contributed by atoms with E-state index in [0.717, 1.165) is 5.69 Å². The third-order valence-corrected chi connectivity index (χ3v) is 3.52. The molecule has 2 heterocycles. The number of fused-ring (bicyclic) bond motifs is 1. The van der Waals surface area contributed by atoms with E-state index in [4.69, 9.17) is 16.3 Å². The van der Waals surface area contributed by atoms with Crippen LogP contribution in [0.4, 0.5) is 0 Å². The van der Waals surface area contributed by atoms with Crippen LogP contribution in [0.15, 0.2) is 42.5 Å². The van der Waals surface area contributed by atoms with Gasteiger partial charge in [0.1, 0.15) is 16.2 Å². The van der Waals surface area contributed by atoms with Crippen LogP contribution < -0.4 is 4.74 Å². The summed E-state index contributed by atoms with van der Waals surface area (Å²) < 4.78 is 6.71. The van der Waals surface area contributed by atoms with Crippen molar-refractivity contribution in [2.75, 3.05) is 7.11 Å². The molecule has 3 rings (SSSR count). The van der Waals surface area contributed by atoms with E-state index in [2.05, 4.69) is 4.98 Å². The van der Waals surface area contributed by atoms with Gasteiger partial charge in [-0.2, -0.15) is 0 Å². The average molecular weight is 303 g/mol. The van der Waals surface area contributed by atoms with Gasteiger partial charge in [-0.05, 0) is 18.2 Å². The topological polar surface area (TPSA) is 64.3 Å². The summed E-state index contributed by atoms with van der Waals surface area (Å²) in [7, 11) is 1.48. The van der Waals surface area contributed by atoms with Gasteiger partial charge in [0.05, 0.1) is 12.6 Å². The molecule has 21 heavy (non-hydrogen) atoms. The molecule has 3 aromatic rings. The first-order valence-electron chi connectivity index (χ1n) is 6.17. The van der Waals surface area contributed by atoms with E-state index in [1.807, 2.05) is 30.3 Å². The number of aromatic carboxylic acids is 1. The Morgan fingerprint density at radius 2 is 1.95 bits per heavy atom. The lowest BCUT2D eigenvalue weighted by atomic mass is 10.2. The maximum Gasteiger partial charge on any atom is 0.341 e. The molecular formula is C15H11ClN2O3. The number of benzene rings is 1. The summed E-state index contributed by atoms with van der Waals surface area (Å²) >= 11 is 6.28. The van der Waals surface area contributed by atoms with Gasteiger partial charge >= 0.3 is 5.97 Å². The lowest BCUT2D eigenvalue weighted by molar-refractivity contribution is 0.0699. The SMILES string of the molecule is COc1ccc2c(n1)c(C(=O)O)c(Cl)n2-c1ccccc1. The minimum Gasteiger partial charge on any atom is -0.481 e. The van der Waals surface area contributed by atoms with Crippen LogP contribution >= 0.6 is 11.6 Å². The summed E-state index contributed by atoms with van der Waals surface area (Å²) in [5, 5.41) is 9.52. The number of para-hydroxylation sites is 1. The Balaban J connectivity index is 2.40. The highest BCUT2D eigenvalue weighted by Gasteiger charge is 2.23. The number of carboxylic acid groups (broad SMARTS) is 1. The number of nitrogens with zero attached hydrogens (tertiary/aromatic N) is 2. The summed E-state index contributed by atoms with van der Waals surface area (Å²) in [6, 6.07) is 12.7. The fourth-order valence-electron chi connectivity index (χ4n) is 2.25. The first kappa shape index (κ1) is 13.5. The van der Waals surface area contributed by atoms with E-state index in [9.17, 15) is 9.90 Å². The van der Waals surface area contributed by atoms with Gasteiger partial charge in [0.15, 0.2) is 0 Å². The normalized spacial score (nSPS) is 10.8. The van der Waals surface area contributed by atoms with E-state index in [0.29, 0.717) is 16.9 Å². The van der Waals surface area contributed by atoms with Crippen molar-refractivity contribution in [2.45, 2.75) is 0 Å². The van der Waals surface area contributed by atoms with Crippen LogP contribution in [-0.4, -0.2) is 27.7 Å². The van der Waals surface area contributed by atoms with E-state index in [1.165, 1.54) is 7.11 Å². The van der Waals surface area contributed by atoms with Crippen molar-refractivity contribution in [1.82, 2.24) is 9.55 Å². The fraction of sp³-hybridized carbons (Fsp3) is 0.0667. The quantitative estimate of drug-likeness (QED) is 0.805. The van der Waals surface area contributed by atoms with Gasteiger partial charge < -0.3 is 9.84 Å². The number of hydrogen-bond acceptors (Lipinski definition) is 3. The van der Waals surface area contributed by atoms with Gasteiger partial charge in [0, 0.05) is 11.8 Å². The van der Waals surface area contributed by atoms with Gasteiger partial charge in [-0.15, -0.1) is 0 Å².